The number of esters is 1. The summed E-state index contributed by atoms with van der Waals surface area (Å²) in [6.45, 7) is 5.79. The van der Waals surface area contributed by atoms with Crippen LogP contribution in [0.2, 0.25) is 0 Å². The zero-order valence-electron chi connectivity index (χ0n) is 17.4. The summed E-state index contributed by atoms with van der Waals surface area (Å²) in [6, 6.07) is 11.7. The van der Waals surface area contributed by atoms with E-state index in [0.717, 1.165) is 22.6 Å². The number of benzene rings is 1. The molecule has 8 heteroatoms. The highest BCUT2D eigenvalue weighted by Crippen LogP contribution is 2.18. The van der Waals surface area contributed by atoms with Gasteiger partial charge < -0.3 is 14.0 Å². The summed E-state index contributed by atoms with van der Waals surface area (Å²) in [7, 11) is 0. The van der Waals surface area contributed by atoms with Gasteiger partial charge in [0.15, 0.2) is 0 Å². The van der Waals surface area contributed by atoms with E-state index >= 15 is 0 Å². The first-order valence-corrected chi connectivity index (χ1v) is 9.72. The predicted octanol–water partition coefficient (Wildman–Crippen LogP) is 3.54. The molecule has 3 aromatic heterocycles. The fourth-order valence-corrected chi connectivity index (χ4v) is 3.16. The number of hydrogen-bond acceptors (Lipinski definition) is 7. The average molecular weight is 419 g/mol. The van der Waals surface area contributed by atoms with Gasteiger partial charge in [0.05, 0.1) is 22.5 Å². The Kier molecular flexibility index (Phi) is 5.53. The fraction of sp³-hybridized carbons (Fsp3) is 0.217. The lowest BCUT2D eigenvalue weighted by atomic mass is 10.2. The molecule has 4 aromatic rings. The first-order chi connectivity index (χ1) is 14.9. The Morgan fingerprint density at radius 2 is 1.87 bits per heavy atom. The molecular formula is C23H21N3O5. The summed E-state index contributed by atoms with van der Waals surface area (Å²) >= 11 is 0. The number of carbonyl (C=O) groups excluding carboxylic acids is 1. The van der Waals surface area contributed by atoms with Gasteiger partial charge in [-0.25, -0.2) is 9.78 Å². The number of pyridine rings is 1. The standard InChI is InChI=1S/C23H21N3O5/c1-14-5-4-10-26-21(27)11-18(24-22(14)26)12-30-23(28)17-6-8-19(9-7-17)29-13-20-15(2)25-31-16(20)3/h4-11H,12-13H2,1-3H3. The molecule has 0 radical (unpaired) electrons. The van der Waals surface area contributed by atoms with E-state index in [4.69, 9.17) is 14.0 Å². The second-order valence-corrected chi connectivity index (χ2v) is 7.16. The zero-order valence-corrected chi connectivity index (χ0v) is 17.4. The van der Waals surface area contributed by atoms with Gasteiger partial charge in [-0.05, 0) is 56.7 Å². The molecule has 0 unspecified atom stereocenters. The Morgan fingerprint density at radius 1 is 1.10 bits per heavy atom. The minimum atomic E-state index is -0.510. The molecule has 0 fully saturated rings. The Bertz CT molecular complexity index is 1290. The van der Waals surface area contributed by atoms with Crippen LogP contribution in [0, 0.1) is 20.8 Å². The van der Waals surface area contributed by atoms with E-state index in [2.05, 4.69) is 10.1 Å². The van der Waals surface area contributed by atoms with E-state index in [1.807, 2.05) is 26.8 Å². The quantitative estimate of drug-likeness (QED) is 0.441. The van der Waals surface area contributed by atoms with Crippen molar-refractivity contribution < 1.29 is 18.8 Å². The minimum absolute atomic E-state index is 0.0940. The molecule has 0 saturated heterocycles. The third-order valence-electron chi connectivity index (χ3n) is 4.94. The lowest BCUT2D eigenvalue weighted by Gasteiger charge is -2.08. The van der Waals surface area contributed by atoms with Crippen molar-refractivity contribution in [3.63, 3.8) is 0 Å². The molecule has 0 atom stereocenters. The first-order valence-electron chi connectivity index (χ1n) is 9.72. The van der Waals surface area contributed by atoms with Crippen LogP contribution in [0.25, 0.3) is 5.65 Å². The van der Waals surface area contributed by atoms with Crippen molar-refractivity contribution in [2.24, 2.45) is 0 Å². The topological polar surface area (TPSA) is 95.9 Å². The highest BCUT2D eigenvalue weighted by molar-refractivity contribution is 5.89. The van der Waals surface area contributed by atoms with Crippen LogP contribution < -0.4 is 10.3 Å². The van der Waals surface area contributed by atoms with Crippen LogP contribution in [0.1, 0.15) is 38.6 Å². The highest BCUT2D eigenvalue weighted by atomic mass is 16.5. The molecule has 0 aliphatic carbocycles. The molecule has 0 spiro atoms. The summed E-state index contributed by atoms with van der Waals surface area (Å²) < 4.78 is 17.7. The lowest BCUT2D eigenvalue weighted by Crippen LogP contribution is -2.17. The number of nitrogens with zero attached hydrogens (tertiary/aromatic N) is 3. The molecule has 158 valence electrons. The van der Waals surface area contributed by atoms with E-state index < -0.39 is 5.97 Å². The van der Waals surface area contributed by atoms with Crippen molar-refractivity contribution in [2.75, 3.05) is 0 Å². The number of hydrogen-bond donors (Lipinski definition) is 0. The maximum absolute atomic E-state index is 12.4. The Balaban J connectivity index is 1.39. The predicted molar refractivity (Wildman–Crippen MR) is 112 cm³/mol. The van der Waals surface area contributed by atoms with Gasteiger partial charge in [0.1, 0.15) is 30.4 Å². The maximum Gasteiger partial charge on any atom is 0.338 e. The van der Waals surface area contributed by atoms with Crippen LogP contribution in [0.3, 0.4) is 0 Å². The maximum atomic E-state index is 12.4. The zero-order chi connectivity index (χ0) is 22.0. The summed E-state index contributed by atoms with van der Waals surface area (Å²) in [5, 5.41) is 3.90. The first kappa shape index (κ1) is 20.3. The smallest absolute Gasteiger partial charge is 0.338 e. The molecule has 0 saturated carbocycles. The molecule has 1 aromatic carbocycles. The number of carbonyl (C=O) groups is 1. The van der Waals surface area contributed by atoms with Gasteiger partial charge in [-0.2, -0.15) is 0 Å². The van der Waals surface area contributed by atoms with Gasteiger partial charge >= 0.3 is 5.97 Å². The largest absolute Gasteiger partial charge is 0.489 e. The molecule has 0 aliphatic heterocycles. The van der Waals surface area contributed by atoms with Crippen molar-refractivity contribution in [1.29, 1.82) is 0 Å². The third-order valence-corrected chi connectivity index (χ3v) is 4.94. The van der Waals surface area contributed by atoms with Crippen molar-refractivity contribution >= 4 is 11.6 Å². The van der Waals surface area contributed by atoms with Gasteiger partial charge in [0.25, 0.3) is 5.56 Å². The summed E-state index contributed by atoms with van der Waals surface area (Å²) in [5.74, 6) is 0.815. The summed E-state index contributed by atoms with van der Waals surface area (Å²) in [6.07, 6.45) is 1.66. The van der Waals surface area contributed by atoms with Crippen molar-refractivity contribution in [3.8, 4) is 5.75 Å². The molecule has 4 rings (SSSR count). The van der Waals surface area contributed by atoms with Gasteiger partial charge in [-0.1, -0.05) is 11.2 Å². The number of aromatic nitrogens is 3. The second-order valence-electron chi connectivity index (χ2n) is 7.16. The van der Waals surface area contributed by atoms with Crippen LogP contribution in [0.15, 0.2) is 58.0 Å². The number of rotatable bonds is 6. The van der Waals surface area contributed by atoms with Gasteiger partial charge in [0.2, 0.25) is 0 Å². The van der Waals surface area contributed by atoms with E-state index in [1.54, 1.807) is 36.5 Å². The SMILES string of the molecule is Cc1noc(C)c1COc1ccc(C(=O)OCc2cc(=O)n3cccc(C)c3n2)cc1. The molecular weight excluding hydrogens is 398 g/mol. The highest BCUT2D eigenvalue weighted by Gasteiger charge is 2.12. The molecule has 31 heavy (non-hydrogen) atoms. The van der Waals surface area contributed by atoms with E-state index in [1.165, 1.54) is 10.5 Å². The van der Waals surface area contributed by atoms with Crippen molar-refractivity contribution in [3.05, 3.63) is 92.9 Å². The van der Waals surface area contributed by atoms with E-state index in [-0.39, 0.29) is 12.2 Å². The Morgan fingerprint density at radius 3 is 2.58 bits per heavy atom. The average Bonchev–Trinajstić information content (AvgIpc) is 3.09. The number of ether oxygens (including phenoxy) is 2. The van der Waals surface area contributed by atoms with Crippen molar-refractivity contribution in [2.45, 2.75) is 34.0 Å². The normalized spacial score (nSPS) is 10.9. The van der Waals surface area contributed by atoms with Crippen LogP contribution in [0.5, 0.6) is 5.75 Å². The molecule has 3 heterocycles. The van der Waals surface area contributed by atoms with Crippen LogP contribution >= 0.6 is 0 Å². The number of fused-ring (bicyclic) bond motifs is 1. The van der Waals surface area contributed by atoms with Crippen LogP contribution in [-0.2, 0) is 18.0 Å². The second kappa shape index (κ2) is 8.43. The molecule has 0 aliphatic rings. The monoisotopic (exact) mass is 419 g/mol. The van der Waals surface area contributed by atoms with Crippen molar-refractivity contribution in [1.82, 2.24) is 14.5 Å². The number of aryl methyl sites for hydroxylation is 3. The third kappa shape index (κ3) is 4.32. The molecule has 0 N–H and O–H groups in total. The van der Waals surface area contributed by atoms with Gasteiger partial charge in [-0.15, -0.1) is 0 Å². The molecule has 0 amide bonds. The van der Waals surface area contributed by atoms with E-state index in [9.17, 15) is 9.59 Å². The summed E-state index contributed by atoms with van der Waals surface area (Å²) in [5.41, 5.74) is 3.64. The van der Waals surface area contributed by atoms with Crippen LogP contribution in [-0.4, -0.2) is 20.5 Å². The molecule has 0 bridgehead atoms. The Labute approximate surface area is 178 Å². The van der Waals surface area contributed by atoms with E-state index in [0.29, 0.717) is 29.3 Å². The van der Waals surface area contributed by atoms with Gasteiger partial charge in [0, 0.05) is 12.3 Å². The van der Waals surface area contributed by atoms with Crippen LogP contribution in [0.4, 0.5) is 0 Å². The fourth-order valence-electron chi connectivity index (χ4n) is 3.16. The molecule has 8 nitrogen and oxygen atoms in total. The minimum Gasteiger partial charge on any atom is -0.489 e. The Hall–Kier alpha value is -3.94. The summed E-state index contributed by atoms with van der Waals surface area (Å²) in [4.78, 5) is 29.1. The van der Waals surface area contributed by atoms with Gasteiger partial charge in [-0.3, -0.25) is 9.20 Å². The lowest BCUT2D eigenvalue weighted by molar-refractivity contribution is 0.0467.